The van der Waals surface area contributed by atoms with E-state index in [9.17, 15) is 0 Å². The van der Waals surface area contributed by atoms with Crippen molar-refractivity contribution in [2.24, 2.45) is 0 Å². The van der Waals surface area contributed by atoms with Gasteiger partial charge in [0.05, 0.1) is 8.41 Å². The first kappa shape index (κ1) is 56.3. The predicted octanol–water partition coefficient (Wildman–Crippen LogP) is -3.82. The zero-order valence-corrected chi connectivity index (χ0v) is 1.46. The van der Waals surface area contributed by atoms with E-state index in [0.717, 1.165) is 0 Å². The molecule has 0 bridgehead atoms. The van der Waals surface area contributed by atoms with Crippen molar-refractivity contribution >= 4 is 36.7 Å². The smallest absolute Gasteiger partial charge is 0.0149 e. The summed E-state index contributed by atoms with van der Waals surface area (Å²) in [5, 5.41) is 0. The number of hydrogen-bond acceptors (Lipinski definition) is 0. The molecule has 0 saturated heterocycles. The average Bonchev–Trinajstić information content (AvgIpc) is 0. The molecule has 0 fully saturated rings. The molecule has 28 valence electrons. The van der Waals surface area contributed by atoms with Crippen LogP contribution < -0.4 is 0 Å². The molecule has 4 heavy (non-hydrogen) atoms. The summed E-state index contributed by atoms with van der Waals surface area (Å²) in [6.45, 7) is 0. The Morgan fingerprint density at radius 2 is 1.00 bits per heavy atom. The van der Waals surface area contributed by atoms with Gasteiger partial charge in [0.25, 0.3) is 0 Å². The maximum absolute atomic E-state index is 0. The molecule has 0 nitrogen and oxygen atoms in total. The minimum Gasteiger partial charge on any atom is -0.0149 e. The van der Waals surface area contributed by atoms with Crippen molar-refractivity contribution < 1.29 is 17.1 Å². The van der Waals surface area contributed by atoms with E-state index in [4.69, 9.17) is 0 Å². The Balaban J connectivity index is 0. The van der Waals surface area contributed by atoms with Crippen LogP contribution >= 0.6 is 0 Å². The van der Waals surface area contributed by atoms with Crippen molar-refractivity contribution in [2.75, 3.05) is 0 Å². The van der Waals surface area contributed by atoms with Crippen LogP contribution in [0.1, 0.15) is 0 Å². The van der Waals surface area contributed by atoms with Gasteiger partial charge in [0.2, 0.25) is 0 Å². The van der Waals surface area contributed by atoms with E-state index in [1.165, 1.54) is 0 Å². The van der Waals surface area contributed by atoms with E-state index in [1.807, 2.05) is 0 Å². The molecule has 0 aliphatic heterocycles. The van der Waals surface area contributed by atoms with Crippen LogP contribution in [0.4, 0.5) is 0 Å². The largest absolute Gasteiger partial charge is 0.187 e. The normalized spacial score (nSPS) is 0. The van der Waals surface area contributed by atoms with Crippen molar-refractivity contribution in [3.05, 3.63) is 0 Å². The van der Waals surface area contributed by atoms with E-state index in [2.05, 4.69) is 0 Å². The summed E-state index contributed by atoms with van der Waals surface area (Å²) in [5.41, 5.74) is 0. The Hall–Kier alpha value is 1.33. The number of rotatable bonds is 0. The molecule has 0 heterocycles. The van der Waals surface area contributed by atoms with Crippen LogP contribution in [0.2, 0.25) is 0 Å². The molecule has 0 atom stereocenters. The Kier molecular flexibility index (Phi) is 381. The molecule has 0 aromatic heterocycles. The van der Waals surface area contributed by atoms with Crippen LogP contribution in [0.25, 0.3) is 0 Å². The minimum atomic E-state index is 0. The van der Waals surface area contributed by atoms with Crippen molar-refractivity contribution in [3.8, 4) is 0 Å². The maximum atomic E-state index is 0. The Morgan fingerprint density at radius 1 is 1.00 bits per heavy atom. The first-order valence-corrected chi connectivity index (χ1v) is 0. The summed E-state index contributed by atoms with van der Waals surface area (Å²) < 4.78 is 0. The quantitative estimate of drug-likeness (QED) is 0.296. The molecule has 0 saturated carbocycles. The molecule has 0 N–H and O–H groups in total. The van der Waals surface area contributed by atoms with E-state index in [1.54, 1.807) is 0 Å². The zero-order valence-electron chi connectivity index (χ0n) is 0.354. The summed E-state index contributed by atoms with van der Waals surface area (Å²) in [5.74, 6) is 0. The van der Waals surface area contributed by atoms with Gasteiger partial charge in [0, 0.05) is 17.1 Å². The molecule has 0 amide bonds. The van der Waals surface area contributed by atoms with E-state index in [-0.39, 0.29) is 53.8 Å². The summed E-state index contributed by atoms with van der Waals surface area (Å²) in [6.07, 6.45) is 0. The van der Waals surface area contributed by atoms with Crippen LogP contribution in [-0.2, 0) is 17.1 Å². The Morgan fingerprint density at radius 3 is 1.00 bits per heavy atom. The monoisotopic (exact) mass is 132 g/mol. The topological polar surface area (TPSA) is 0 Å². The standard InChI is InChI=1S/Al.BH3.Fe.H4Si.3H/h;1H3;;1H4;;;. The van der Waals surface area contributed by atoms with Gasteiger partial charge in [-0.3, -0.25) is 0 Å². The molecule has 4 heteroatoms. The summed E-state index contributed by atoms with van der Waals surface area (Å²) >= 11 is 0. The predicted molar refractivity (Wildman–Crippen MR) is 31.2 cm³/mol. The number of hydrogen-bond donors (Lipinski definition) is 0. The van der Waals surface area contributed by atoms with E-state index >= 15 is 0 Å². The van der Waals surface area contributed by atoms with Crippen molar-refractivity contribution in [3.63, 3.8) is 0 Å². The third kappa shape index (κ3) is 10.2. The summed E-state index contributed by atoms with van der Waals surface area (Å²) in [6, 6.07) is 0. The Labute approximate surface area is 53.9 Å². The average molecular weight is 132 g/mol. The molecular formula is H10AlBFeSi. The maximum Gasteiger partial charge on any atom is 0.187 e. The first-order chi connectivity index (χ1) is 0. The fourth-order valence-corrected chi connectivity index (χ4v) is 0. The third-order valence-electron chi connectivity index (χ3n) is 0. The molecule has 0 rings (SSSR count). The second-order valence-corrected chi connectivity index (χ2v) is 0. The molecule has 0 aromatic rings. The molecule has 0 unspecified atom stereocenters. The van der Waals surface area contributed by atoms with Crippen LogP contribution in [0.15, 0.2) is 0 Å². The molecule has 0 aliphatic rings. The molecule has 0 radical (unpaired) electrons. The fraction of sp³-hybridized carbons (Fsp3) is 0. The van der Waals surface area contributed by atoms with Gasteiger partial charge in [0.15, 0.2) is 17.4 Å². The van der Waals surface area contributed by atoms with Gasteiger partial charge >= 0.3 is 0 Å². The van der Waals surface area contributed by atoms with E-state index in [0.29, 0.717) is 0 Å². The van der Waals surface area contributed by atoms with E-state index < -0.39 is 0 Å². The van der Waals surface area contributed by atoms with Gasteiger partial charge in [-0.15, -0.1) is 0 Å². The van der Waals surface area contributed by atoms with Crippen molar-refractivity contribution in [1.29, 1.82) is 0 Å². The summed E-state index contributed by atoms with van der Waals surface area (Å²) in [7, 11) is 0. The zero-order chi connectivity index (χ0) is 0. The summed E-state index contributed by atoms with van der Waals surface area (Å²) in [4.78, 5) is 0. The van der Waals surface area contributed by atoms with Crippen molar-refractivity contribution in [1.82, 2.24) is 0 Å². The third-order valence-corrected chi connectivity index (χ3v) is 0. The van der Waals surface area contributed by atoms with Crippen LogP contribution in [-0.4, -0.2) is 36.7 Å². The van der Waals surface area contributed by atoms with Gasteiger partial charge in [0.1, 0.15) is 0 Å². The van der Waals surface area contributed by atoms with Gasteiger partial charge in [-0.05, 0) is 11.0 Å². The molecule has 0 aromatic carbocycles. The Bertz CT molecular complexity index is 8.00. The van der Waals surface area contributed by atoms with Gasteiger partial charge < -0.3 is 0 Å². The molecule has 0 spiro atoms. The van der Waals surface area contributed by atoms with Crippen LogP contribution in [0.3, 0.4) is 0 Å². The second-order valence-electron chi connectivity index (χ2n) is 0. The van der Waals surface area contributed by atoms with Gasteiger partial charge in [-0.25, -0.2) is 0 Å². The SMILES string of the molecule is B.[AlH3].[Fe].[SiH4]. The molecule has 0 aliphatic carbocycles. The van der Waals surface area contributed by atoms with Crippen LogP contribution in [0.5, 0.6) is 0 Å². The van der Waals surface area contributed by atoms with Gasteiger partial charge in [-0.1, -0.05) is 0 Å². The fourth-order valence-electron chi connectivity index (χ4n) is 0. The first-order valence-electron chi connectivity index (χ1n) is 0. The van der Waals surface area contributed by atoms with Crippen molar-refractivity contribution in [2.45, 2.75) is 0 Å². The minimum absolute atomic E-state index is 0. The van der Waals surface area contributed by atoms with Crippen LogP contribution in [0, 0.1) is 0 Å². The van der Waals surface area contributed by atoms with Gasteiger partial charge in [-0.2, -0.15) is 0 Å². The molecular weight excluding hydrogens is 122 g/mol. The second kappa shape index (κ2) is 27.1.